The van der Waals surface area contributed by atoms with E-state index < -0.39 is 11.6 Å². The van der Waals surface area contributed by atoms with E-state index in [0.717, 1.165) is 25.7 Å². The summed E-state index contributed by atoms with van der Waals surface area (Å²) >= 11 is 0. The third-order valence-corrected chi connectivity index (χ3v) is 3.84. The molecule has 21 heavy (non-hydrogen) atoms. The first kappa shape index (κ1) is 15.8. The number of nitrogens with zero attached hydrogens (tertiary/aromatic N) is 2. The number of esters is 1. The summed E-state index contributed by atoms with van der Waals surface area (Å²) in [7, 11) is 0. The van der Waals surface area contributed by atoms with Gasteiger partial charge in [-0.3, -0.25) is 4.68 Å². The molecule has 0 unspecified atom stereocenters. The molecule has 0 amide bonds. The van der Waals surface area contributed by atoms with Crippen LogP contribution < -0.4 is 5.73 Å². The normalized spacial score (nSPS) is 23.0. The summed E-state index contributed by atoms with van der Waals surface area (Å²) < 4.78 is 7.12. The maximum Gasteiger partial charge on any atom is 0.359 e. The van der Waals surface area contributed by atoms with Crippen molar-refractivity contribution < 1.29 is 14.6 Å². The largest absolute Gasteiger partial charge is 0.455 e. The minimum atomic E-state index is -0.562. The molecule has 1 aliphatic rings. The molecule has 0 saturated heterocycles. The lowest BCUT2D eigenvalue weighted by Gasteiger charge is -2.29. The molecule has 1 aromatic rings. The van der Waals surface area contributed by atoms with Crippen molar-refractivity contribution in [2.24, 2.45) is 5.92 Å². The predicted molar refractivity (Wildman–Crippen MR) is 79.9 cm³/mol. The van der Waals surface area contributed by atoms with Gasteiger partial charge in [-0.25, -0.2) is 4.79 Å². The minimum Gasteiger partial charge on any atom is -0.455 e. The zero-order chi connectivity index (χ0) is 15.6. The van der Waals surface area contributed by atoms with Crippen LogP contribution in [0.15, 0.2) is 6.20 Å². The number of hydrogen-bond acceptors (Lipinski definition) is 5. The topological polar surface area (TPSA) is 90.4 Å². The number of nitrogens with two attached hydrogens (primary N) is 1. The molecule has 2 rings (SSSR count). The van der Waals surface area contributed by atoms with Crippen molar-refractivity contribution in [1.29, 1.82) is 0 Å². The average Bonchev–Trinajstić information content (AvgIpc) is 2.79. The fourth-order valence-electron chi connectivity index (χ4n) is 2.76. The predicted octanol–water partition coefficient (Wildman–Crippen LogP) is 2.14. The highest BCUT2D eigenvalue weighted by Crippen LogP contribution is 2.33. The molecule has 1 aliphatic carbocycles. The summed E-state index contributed by atoms with van der Waals surface area (Å²) in [4.78, 5) is 12.3. The summed E-state index contributed by atoms with van der Waals surface area (Å²) in [5, 5.41) is 13.5. The van der Waals surface area contributed by atoms with E-state index >= 15 is 0 Å². The Hall–Kier alpha value is -1.56. The van der Waals surface area contributed by atoms with Crippen LogP contribution in [0.1, 0.15) is 63.0 Å². The Labute approximate surface area is 125 Å². The molecular formula is C15H25N3O3. The first-order valence-electron chi connectivity index (χ1n) is 7.49. The number of hydrogen-bond donors (Lipinski definition) is 2. The molecule has 0 aliphatic heterocycles. The smallest absolute Gasteiger partial charge is 0.359 e. The van der Waals surface area contributed by atoms with E-state index in [0.29, 0.717) is 17.3 Å². The Morgan fingerprint density at radius 1 is 1.43 bits per heavy atom. The van der Waals surface area contributed by atoms with Gasteiger partial charge in [0.25, 0.3) is 0 Å². The maximum absolute atomic E-state index is 12.3. The van der Waals surface area contributed by atoms with Crippen LogP contribution in [0.3, 0.4) is 0 Å². The second-order valence-corrected chi connectivity index (χ2v) is 6.75. The van der Waals surface area contributed by atoms with Crippen LogP contribution in [0.2, 0.25) is 0 Å². The van der Waals surface area contributed by atoms with Gasteiger partial charge in [-0.05, 0) is 52.4 Å². The molecule has 0 atom stereocenters. The van der Waals surface area contributed by atoms with E-state index in [4.69, 9.17) is 10.5 Å². The minimum absolute atomic E-state index is 0.146. The highest BCUT2D eigenvalue weighted by molar-refractivity contribution is 5.93. The highest BCUT2D eigenvalue weighted by Gasteiger charge is 2.29. The van der Waals surface area contributed by atoms with Crippen LogP contribution in [-0.2, 0) is 4.74 Å². The van der Waals surface area contributed by atoms with Crippen molar-refractivity contribution in [3.63, 3.8) is 0 Å². The zero-order valence-corrected chi connectivity index (χ0v) is 13.0. The number of ether oxygens (including phenoxy) is 1. The zero-order valence-electron chi connectivity index (χ0n) is 13.0. The quantitative estimate of drug-likeness (QED) is 0.834. The van der Waals surface area contributed by atoms with E-state index in [1.165, 1.54) is 6.20 Å². The number of anilines is 1. The molecule has 0 spiro atoms. The first-order chi connectivity index (χ1) is 9.81. The van der Waals surface area contributed by atoms with E-state index in [2.05, 4.69) is 5.10 Å². The second kappa shape index (κ2) is 6.05. The van der Waals surface area contributed by atoms with Crippen molar-refractivity contribution in [1.82, 2.24) is 9.78 Å². The lowest BCUT2D eigenvalue weighted by atomic mass is 9.86. The lowest BCUT2D eigenvalue weighted by molar-refractivity contribution is 0.00523. The number of carbonyl (C=O) groups excluding carboxylic acids is 1. The van der Waals surface area contributed by atoms with Gasteiger partial charge in [0.05, 0.1) is 17.9 Å². The van der Waals surface area contributed by atoms with E-state index in [-0.39, 0.29) is 12.6 Å². The number of rotatable bonds is 3. The van der Waals surface area contributed by atoms with Gasteiger partial charge in [0.1, 0.15) is 5.60 Å². The highest BCUT2D eigenvalue weighted by atomic mass is 16.6. The van der Waals surface area contributed by atoms with Crippen molar-refractivity contribution in [2.45, 2.75) is 58.1 Å². The summed E-state index contributed by atoms with van der Waals surface area (Å²) in [5.74, 6) is -0.0686. The maximum atomic E-state index is 12.3. The molecule has 6 heteroatoms. The summed E-state index contributed by atoms with van der Waals surface area (Å²) in [5.41, 5.74) is 6.03. The van der Waals surface area contributed by atoms with Gasteiger partial charge in [-0.1, -0.05) is 0 Å². The van der Waals surface area contributed by atoms with Gasteiger partial charge in [0.15, 0.2) is 5.69 Å². The Kier molecular flexibility index (Phi) is 4.56. The number of aliphatic hydroxyl groups excluding tert-OH is 1. The van der Waals surface area contributed by atoms with E-state index in [1.807, 2.05) is 20.8 Å². The molecule has 3 N–H and O–H groups in total. The third kappa shape index (κ3) is 3.75. The van der Waals surface area contributed by atoms with Crippen LogP contribution in [-0.4, -0.2) is 33.1 Å². The molecule has 6 nitrogen and oxygen atoms in total. The molecule has 118 valence electrons. The van der Waals surface area contributed by atoms with Crippen molar-refractivity contribution in [3.05, 3.63) is 11.9 Å². The summed E-state index contributed by atoms with van der Waals surface area (Å²) in [6, 6.07) is 0.146. The van der Waals surface area contributed by atoms with Crippen molar-refractivity contribution >= 4 is 11.7 Å². The van der Waals surface area contributed by atoms with Gasteiger partial charge in [0, 0.05) is 6.61 Å². The van der Waals surface area contributed by atoms with Gasteiger partial charge in [0.2, 0.25) is 0 Å². The number of aliphatic hydroxyl groups is 1. The summed E-state index contributed by atoms with van der Waals surface area (Å²) in [6.07, 6.45) is 5.17. The van der Waals surface area contributed by atoms with Gasteiger partial charge < -0.3 is 15.6 Å². The molecule has 0 aromatic carbocycles. The average molecular weight is 295 g/mol. The van der Waals surface area contributed by atoms with Crippen molar-refractivity contribution in [3.8, 4) is 0 Å². The number of carbonyl (C=O) groups is 1. The van der Waals surface area contributed by atoms with Crippen LogP contribution in [0.4, 0.5) is 5.69 Å². The fourth-order valence-corrected chi connectivity index (χ4v) is 2.76. The van der Waals surface area contributed by atoms with Gasteiger partial charge in [-0.2, -0.15) is 5.10 Å². The fraction of sp³-hybridized carbons (Fsp3) is 0.733. The van der Waals surface area contributed by atoms with Crippen LogP contribution in [0.5, 0.6) is 0 Å². The Balaban J connectivity index is 2.17. The monoisotopic (exact) mass is 295 g/mol. The molecule has 1 aromatic heterocycles. The Bertz CT molecular complexity index is 497. The number of aromatic nitrogens is 2. The molecule has 1 fully saturated rings. The van der Waals surface area contributed by atoms with Crippen molar-refractivity contribution in [2.75, 3.05) is 12.3 Å². The number of nitrogen functional groups attached to an aromatic ring is 1. The third-order valence-electron chi connectivity index (χ3n) is 3.84. The summed E-state index contributed by atoms with van der Waals surface area (Å²) in [6.45, 7) is 5.71. The second-order valence-electron chi connectivity index (χ2n) is 6.75. The Morgan fingerprint density at radius 2 is 2.05 bits per heavy atom. The van der Waals surface area contributed by atoms with E-state index in [1.54, 1.807) is 4.68 Å². The molecule has 1 heterocycles. The lowest BCUT2D eigenvalue weighted by Crippen LogP contribution is -2.28. The molecular weight excluding hydrogens is 270 g/mol. The molecule has 0 radical (unpaired) electrons. The SMILES string of the molecule is CC(C)(C)OC(=O)c1c(N)cnn1C1CCC(CO)CC1. The Morgan fingerprint density at radius 3 is 2.57 bits per heavy atom. The van der Waals surface area contributed by atoms with Gasteiger partial charge in [-0.15, -0.1) is 0 Å². The van der Waals surface area contributed by atoms with E-state index in [9.17, 15) is 9.90 Å². The van der Waals surface area contributed by atoms with Crippen LogP contribution in [0.25, 0.3) is 0 Å². The van der Waals surface area contributed by atoms with Crippen LogP contribution >= 0.6 is 0 Å². The van der Waals surface area contributed by atoms with Gasteiger partial charge >= 0.3 is 5.97 Å². The standard InChI is InChI=1S/C15H25N3O3/c1-15(2,3)21-14(20)13-12(16)8-17-18(13)11-6-4-10(9-19)5-7-11/h8,10-11,19H,4-7,9,16H2,1-3H3. The molecule has 0 bridgehead atoms. The van der Waals surface area contributed by atoms with Crippen LogP contribution in [0, 0.1) is 5.92 Å². The first-order valence-corrected chi connectivity index (χ1v) is 7.49. The molecule has 1 saturated carbocycles.